The number of fused-ring (bicyclic) bond motifs is 1. The summed E-state index contributed by atoms with van der Waals surface area (Å²) < 4.78 is 26.8. The predicted octanol–water partition coefficient (Wildman–Crippen LogP) is 1.69. The van der Waals surface area contributed by atoms with Crippen molar-refractivity contribution in [2.45, 2.75) is 17.7 Å². The molecule has 10 heteroatoms. The lowest BCUT2D eigenvalue weighted by molar-refractivity contribution is -0.114. The topological polar surface area (TPSA) is 127 Å². The zero-order valence-corrected chi connectivity index (χ0v) is 16.4. The molecular formula is C19H21N5O4S. The van der Waals surface area contributed by atoms with Gasteiger partial charge in [0.2, 0.25) is 15.9 Å². The van der Waals surface area contributed by atoms with Crippen molar-refractivity contribution in [2.75, 3.05) is 30.3 Å². The maximum absolute atomic E-state index is 12.7. The highest BCUT2D eigenvalue weighted by Gasteiger charge is 2.27. The van der Waals surface area contributed by atoms with E-state index in [0.717, 1.165) is 12.8 Å². The first kappa shape index (κ1) is 19.2. The van der Waals surface area contributed by atoms with Crippen LogP contribution in [0.5, 0.6) is 0 Å². The van der Waals surface area contributed by atoms with E-state index < -0.39 is 10.0 Å². The van der Waals surface area contributed by atoms with Crippen LogP contribution in [-0.2, 0) is 14.8 Å². The predicted molar refractivity (Wildman–Crippen MR) is 110 cm³/mol. The van der Waals surface area contributed by atoms with E-state index in [9.17, 15) is 18.0 Å². The van der Waals surface area contributed by atoms with E-state index in [-0.39, 0.29) is 23.0 Å². The van der Waals surface area contributed by atoms with E-state index in [1.165, 1.54) is 10.4 Å². The minimum Gasteiger partial charge on any atom is -0.376 e. The molecule has 0 atom stereocenters. The molecule has 1 fully saturated rings. The van der Waals surface area contributed by atoms with Crippen LogP contribution in [0.2, 0.25) is 0 Å². The third-order valence-corrected chi connectivity index (χ3v) is 6.68. The van der Waals surface area contributed by atoms with E-state index in [1.54, 1.807) is 36.4 Å². The summed E-state index contributed by atoms with van der Waals surface area (Å²) in [4.78, 5) is 29.0. The fourth-order valence-electron chi connectivity index (χ4n) is 3.34. The molecule has 4 N–H and O–H groups in total. The Labute approximate surface area is 167 Å². The number of aromatic amines is 2. The molecule has 1 amide bonds. The molecule has 9 nitrogen and oxygen atoms in total. The van der Waals surface area contributed by atoms with Gasteiger partial charge in [-0.1, -0.05) is 6.07 Å². The molecule has 3 aromatic rings. The zero-order chi connectivity index (χ0) is 20.4. The Bertz CT molecular complexity index is 1210. The van der Waals surface area contributed by atoms with Crippen molar-refractivity contribution in [1.29, 1.82) is 0 Å². The second-order valence-electron chi connectivity index (χ2n) is 6.88. The average molecular weight is 415 g/mol. The van der Waals surface area contributed by atoms with Crippen LogP contribution < -0.4 is 16.3 Å². The second-order valence-corrected chi connectivity index (χ2v) is 8.82. The highest BCUT2D eigenvalue weighted by atomic mass is 32.2. The van der Waals surface area contributed by atoms with Gasteiger partial charge in [0, 0.05) is 24.5 Å². The van der Waals surface area contributed by atoms with Gasteiger partial charge in [-0.15, -0.1) is 0 Å². The van der Waals surface area contributed by atoms with Crippen molar-refractivity contribution in [3.63, 3.8) is 0 Å². The molecule has 0 bridgehead atoms. The Morgan fingerprint density at radius 3 is 2.55 bits per heavy atom. The van der Waals surface area contributed by atoms with E-state index >= 15 is 0 Å². The molecule has 4 rings (SSSR count). The summed E-state index contributed by atoms with van der Waals surface area (Å²) >= 11 is 0. The normalized spacial score (nSPS) is 14.9. The van der Waals surface area contributed by atoms with Crippen LogP contribution in [0.1, 0.15) is 12.8 Å². The molecule has 29 heavy (non-hydrogen) atoms. The lowest BCUT2D eigenvalue weighted by Crippen LogP contribution is -2.28. The van der Waals surface area contributed by atoms with Crippen molar-refractivity contribution >= 4 is 38.3 Å². The summed E-state index contributed by atoms with van der Waals surface area (Å²) in [5, 5.41) is 5.69. The van der Waals surface area contributed by atoms with E-state index in [2.05, 4.69) is 20.6 Å². The van der Waals surface area contributed by atoms with E-state index in [1.807, 2.05) is 0 Å². The first-order valence-corrected chi connectivity index (χ1v) is 10.7. The third kappa shape index (κ3) is 4.17. The molecule has 0 radical (unpaired) electrons. The molecule has 1 aliphatic heterocycles. The number of carbonyl (C=O) groups is 1. The number of benzene rings is 2. The van der Waals surface area contributed by atoms with Gasteiger partial charge < -0.3 is 20.6 Å². The molecule has 1 aromatic heterocycles. The quantitative estimate of drug-likeness (QED) is 0.487. The highest BCUT2D eigenvalue weighted by molar-refractivity contribution is 7.89. The van der Waals surface area contributed by atoms with Gasteiger partial charge >= 0.3 is 5.69 Å². The highest BCUT2D eigenvalue weighted by Crippen LogP contribution is 2.23. The number of hydrogen-bond acceptors (Lipinski definition) is 5. The van der Waals surface area contributed by atoms with Crippen molar-refractivity contribution in [3.05, 3.63) is 52.9 Å². The van der Waals surface area contributed by atoms with Gasteiger partial charge in [-0.25, -0.2) is 13.2 Å². The van der Waals surface area contributed by atoms with Gasteiger partial charge in [0.25, 0.3) is 0 Å². The standard InChI is InChI=1S/C19H21N5O4S/c25-18(21-14-6-7-16-17(11-14)23-19(26)22-16)12-20-13-4-3-5-15(10-13)29(27,28)24-8-1-2-9-24/h3-7,10-11,20H,1-2,8-9,12H2,(H,21,25)(H2,22,23,26). The van der Waals surface area contributed by atoms with E-state index in [0.29, 0.717) is 35.5 Å². The molecule has 0 saturated carbocycles. The molecule has 152 valence electrons. The fourth-order valence-corrected chi connectivity index (χ4v) is 4.91. The lowest BCUT2D eigenvalue weighted by atomic mass is 10.2. The summed E-state index contributed by atoms with van der Waals surface area (Å²) in [5.41, 5.74) is 2.03. The number of rotatable bonds is 6. The van der Waals surface area contributed by atoms with Gasteiger partial charge in [-0.05, 0) is 49.2 Å². The SMILES string of the molecule is O=C(CNc1cccc(S(=O)(=O)N2CCCC2)c1)Nc1ccc2[nH]c(=O)[nH]c2c1. The lowest BCUT2D eigenvalue weighted by Gasteiger charge is -2.16. The maximum atomic E-state index is 12.7. The number of aromatic nitrogens is 2. The number of anilines is 2. The summed E-state index contributed by atoms with van der Waals surface area (Å²) in [5.74, 6) is -0.296. The molecule has 2 heterocycles. The summed E-state index contributed by atoms with van der Waals surface area (Å²) in [7, 11) is -3.51. The van der Waals surface area contributed by atoms with Crippen molar-refractivity contribution in [3.8, 4) is 0 Å². The molecule has 1 aliphatic rings. The van der Waals surface area contributed by atoms with Crippen LogP contribution >= 0.6 is 0 Å². The second kappa shape index (κ2) is 7.72. The fraction of sp³-hybridized carbons (Fsp3) is 0.263. The molecule has 1 saturated heterocycles. The van der Waals surface area contributed by atoms with Gasteiger partial charge in [0.15, 0.2) is 0 Å². The average Bonchev–Trinajstić information content (AvgIpc) is 3.36. The number of amides is 1. The molecule has 0 spiro atoms. The molecule has 2 aromatic carbocycles. The third-order valence-electron chi connectivity index (χ3n) is 4.79. The molecular weight excluding hydrogens is 394 g/mol. The monoisotopic (exact) mass is 415 g/mol. The molecule has 0 unspecified atom stereocenters. The van der Waals surface area contributed by atoms with Crippen LogP contribution in [-0.4, -0.2) is 48.2 Å². The van der Waals surface area contributed by atoms with Crippen molar-refractivity contribution in [2.24, 2.45) is 0 Å². The number of nitrogens with one attached hydrogen (secondary N) is 4. The number of carbonyl (C=O) groups excluding carboxylic acids is 1. The Kier molecular flexibility index (Phi) is 5.12. The van der Waals surface area contributed by atoms with Crippen LogP contribution in [0.25, 0.3) is 11.0 Å². The Morgan fingerprint density at radius 1 is 1.00 bits per heavy atom. The van der Waals surface area contributed by atoms with Crippen LogP contribution in [0.3, 0.4) is 0 Å². The van der Waals surface area contributed by atoms with Crippen molar-refractivity contribution < 1.29 is 13.2 Å². The first-order chi connectivity index (χ1) is 13.9. The van der Waals surface area contributed by atoms with Gasteiger partial charge in [0.05, 0.1) is 22.5 Å². The number of sulfonamides is 1. The zero-order valence-electron chi connectivity index (χ0n) is 15.6. The Morgan fingerprint density at radius 2 is 1.76 bits per heavy atom. The van der Waals surface area contributed by atoms with Gasteiger partial charge in [0.1, 0.15) is 0 Å². The number of hydrogen-bond donors (Lipinski definition) is 4. The minimum atomic E-state index is -3.51. The smallest absolute Gasteiger partial charge is 0.323 e. The summed E-state index contributed by atoms with van der Waals surface area (Å²) in [6.45, 7) is 1.05. The number of imidazole rings is 1. The largest absolute Gasteiger partial charge is 0.376 e. The van der Waals surface area contributed by atoms with Crippen molar-refractivity contribution in [1.82, 2.24) is 14.3 Å². The van der Waals surface area contributed by atoms with E-state index in [4.69, 9.17) is 0 Å². The Balaban J connectivity index is 1.40. The molecule has 0 aliphatic carbocycles. The first-order valence-electron chi connectivity index (χ1n) is 9.28. The van der Waals surface area contributed by atoms with Crippen LogP contribution in [0, 0.1) is 0 Å². The number of H-pyrrole nitrogens is 2. The summed E-state index contributed by atoms with van der Waals surface area (Å²) in [6, 6.07) is 11.5. The van der Waals surface area contributed by atoms with Crippen LogP contribution in [0.4, 0.5) is 11.4 Å². The number of nitrogens with zero attached hydrogens (tertiary/aromatic N) is 1. The van der Waals surface area contributed by atoms with Crippen LogP contribution in [0.15, 0.2) is 52.2 Å². The minimum absolute atomic E-state index is 0.0328. The van der Waals surface area contributed by atoms with Gasteiger partial charge in [-0.3, -0.25) is 4.79 Å². The maximum Gasteiger partial charge on any atom is 0.323 e. The summed E-state index contributed by atoms with van der Waals surface area (Å²) in [6.07, 6.45) is 1.75. The van der Waals surface area contributed by atoms with Gasteiger partial charge in [-0.2, -0.15) is 4.31 Å². The Hall–Kier alpha value is -3.11.